The molecule has 3 heterocycles. The van der Waals surface area contributed by atoms with Gasteiger partial charge in [-0.1, -0.05) is 23.4 Å². The molecule has 28 heavy (non-hydrogen) atoms. The topological polar surface area (TPSA) is 75.1 Å². The fourth-order valence-electron chi connectivity index (χ4n) is 3.89. The number of benzene rings is 1. The molecule has 1 aromatic carbocycles. The Balaban J connectivity index is 0.00000140. The molecular formula is C19H28Cl2N6O. The van der Waals surface area contributed by atoms with Crippen molar-refractivity contribution < 1.29 is 4.79 Å². The zero-order valence-corrected chi connectivity index (χ0v) is 17.6. The van der Waals surface area contributed by atoms with Crippen molar-refractivity contribution in [1.29, 1.82) is 0 Å². The highest BCUT2D eigenvalue weighted by Crippen LogP contribution is 2.28. The van der Waals surface area contributed by atoms with E-state index in [9.17, 15) is 4.79 Å². The van der Waals surface area contributed by atoms with Crippen LogP contribution in [0.5, 0.6) is 0 Å². The number of carbonyl (C=O) groups excluding carboxylic acids is 1. The molecular weight excluding hydrogens is 399 g/mol. The Bertz CT molecular complexity index is 777. The van der Waals surface area contributed by atoms with E-state index in [1.54, 1.807) is 6.20 Å². The lowest BCUT2D eigenvalue weighted by atomic mass is 10.1. The maximum atomic E-state index is 12.4. The van der Waals surface area contributed by atoms with E-state index in [4.69, 9.17) is 0 Å². The van der Waals surface area contributed by atoms with Crippen LogP contribution in [0.2, 0.25) is 0 Å². The van der Waals surface area contributed by atoms with Gasteiger partial charge < -0.3 is 15.5 Å². The summed E-state index contributed by atoms with van der Waals surface area (Å²) in [5, 5.41) is 14.6. The highest BCUT2D eigenvalue weighted by molar-refractivity contribution is 5.91. The molecule has 0 saturated carbocycles. The number of hydrogen-bond acceptors (Lipinski definition) is 5. The van der Waals surface area contributed by atoms with Gasteiger partial charge in [-0.3, -0.25) is 4.79 Å². The SMILES string of the molecule is CC(CNC(=O)c1cn(C2CCNCC2)nn1)N1CCc2ccccc21.Cl.Cl. The van der Waals surface area contributed by atoms with Crippen LogP contribution in [-0.2, 0) is 6.42 Å². The van der Waals surface area contributed by atoms with Crippen LogP contribution in [0.4, 0.5) is 5.69 Å². The van der Waals surface area contributed by atoms with Crippen LogP contribution in [0.25, 0.3) is 0 Å². The number of piperidine rings is 1. The van der Waals surface area contributed by atoms with Crippen molar-refractivity contribution in [2.24, 2.45) is 0 Å². The van der Waals surface area contributed by atoms with Crippen molar-refractivity contribution >= 4 is 36.4 Å². The first-order chi connectivity index (χ1) is 12.7. The first-order valence-corrected chi connectivity index (χ1v) is 9.47. The number of para-hydroxylation sites is 1. The number of rotatable bonds is 5. The van der Waals surface area contributed by atoms with E-state index in [-0.39, 0.29) is 36.8 Å². The lowest BCUT2D eigenvalue weighted by Gasteiger charge is -2.27. The molecule has 2 aliphatic rings. The van der Waals surface area contributed by atoms with E-state index in [0.717, 1.165) is 38.9 Å². The van der Waals surface area contributed by atoms with Crippen molar-refractivity contribution in [3.8, 4) is 0 Å². The van der Waals surface area contributed by atoms with Gasteiger partial charge in [0.05, 0.1) is 12.2 Å². The van der Waals surface area contributed by atoms with Gasteiger partial charge in [0.15, 0.2) is 5.69 Å². The summed E-state index contributed by atoms with van der Waals surface area (Å²) in [6, 6.07) is 9.07. The molecule has 0 aliphatic carbocycles. The van der Waals surface area contributed by atoms with Crippen molar-refractivity contribution in [2.75, 3.05) is 31.1 Å². The van der Waals surface area contributed by atoms with Crippen LogP contribution < -0.4 is 15.5 Å². The van der Waals surface area contributed by atoms with Crippen molar-refractivity contribution in [1.82, 2.24) is 25.6 Å². The zero-order valence-electron chi connectivity index (χ0n) is 16.0. The van der Waals surface area contributed by atoms with Gasteiger partial charge in [-0.2, -0.15) is 0 Å². The molecule has 4 rings (SSSR count). The van der Waals surface area contributed by atoms with E-state index in [0.29, 0.717) is 18.3 Å². The molecule has 2 aliphatic heterocycles. The minimum Gasteiger partial charge on any atom is -0.366 e. The van der Waals surface area contributed by atoms with E-state index in [1.807, 2.05) is 4.68 Å². The third-order valence-electron chi connectivity index (χ3n) is 5.44. The zero-order chi connectivity index (χ0) is 17.9. The third kappa shape index (κ3) is 4.77. The molecule has 0 radical (unpaired) electrons. The number of aromatic nitrogens is 3. The first kappa shape index (κ1) is 22.5. The van der Waals surface area contributed by atoms with Gasteiger partial charge in [0.2, 0.25) is 0 Å². The standard InChI is InChI=1S/C19H26N6O.2ClH/c1-14(24-11-8-15-4-2-3-5-18(15)24)12-21-19(26)17-13-25(23-22-17)16-6-9-20-10-7-16;;/h2-5,13-14,16,20H,6-12H2,1H3,(H,21,26);2*1H. The summed E-state index contributed by atoms with van der Waals surface area (Å²) in [6.07, 6.45) is 4.89. The predicted octanol–water partition coefficient (Wildman–Crippen LogP) is 2.23. The largest absolute Gasteiger partial charge is 0.366 e. The van der Waals surface area contributed by atoms with Gasteiger partial charge in [0, 0.05) is 24.8 Å². The number of anilines is 1. The summed E-state index contributed by atoms with van der Waals surface area (Å²) < 4.78 is 1.84. The van der Waals surface area contributed by atoms with Crippen molar-refractivity contribution in [2.45, 2.75) is 38.3 Å². The number of fused-ring (bicyclic) bond motifs is 1. The fraction of sp³-hybridized carbons (Fsp3) is 0.526. The van der Waals surface area contributed by atoms with Gasteiger partial charge in [0.1, 0.15) is 0 Å². The summed E-state index contributed by atoms with van der Waals surface area (Å²) >= 11 is 0. The molecule has 1 aromatic heterocycles. The number of halogens is 2. The molecule has 2 aromatic rings. The normalized spacial score (nSPS) is 17.2. The minimum atomic E-state index is -0.149. The molecule has 1 atom stereocenters. The smallest absolute Gasteiger partial charge is 0.273 e. The molecule has 0 spiro atoms. The van der Waals surface area contributed by atoms with Crippen molar-refractivity contribution in [3.05, 3.63) is 41.7 Å². The summed E-state index contributed by atoms with van der Waals surface area (Å²) in [6.45, 7) is 5.71. The van der Waals surface area contributed by atoms with Crippen LogP contribution in [0.1, 0.15) is 41.9 Å². The Morgan fingerprint density at radius 3 is 2.82 bits per heavy atom. The monoisotopic (exact) mass is 426 g/mol. The Morgan fingerprint density at radius 1 is 1.29 bits per heavy atom. The lowest BCUT2D eigenvalue weighted by Crippen LogP contribution is -2.41. The molecule has 9 heteroatoms. The average molecular weight is 427 g/mol. The predicted molar refractivity (Wildman–Crippen MR) is 115 cm³/mol. The van der Waals surface area contributed by atoms with Crippen LogP contribution in [-0.4, -0.2) is 53.1 Å². The van der Waals surface area contributed by atoms with Crippen LogP contribution in [0.3, 0.4) is 0 Å². The lowest BCUT2D eigenvalue weighted by molar-refractivity contribution is 0.0946. The Morgan fingerprint density at radius 2 is 2.04 bits per heavy atom. The fourth-order valence-corrected chi connectivity index (χ4v) is 3.89. The maximum absolute atomic E-state index is 12.4. The molecule has 0 bridgehead atoms. The summed E-state index contributed by atoms with van der Waals surface area (Å²) in [5.41, 5.74) is 3.07. The minimum absolute atomic E-state index is 0. The highest BCUT2D eigenvalue weighted by atomic mass is 35.5. The molecule has 1 saturated heterocycles. The van der Waals surface area contributed by atoms with Gasteiger partial charge in [-0.25, -0.2) is 4.68 Å². The Kier molecular flexibility index (Phi) is 8.10. The number of nitrogens with zero attached hydrogens (tertiary/aromatic N) is 4. The highest BCUT2D eigenvalue weighted by Gasteiger charge is 2.24. The molecule has 1 fully saturated rings. The second-order valence-corrected chi connectivity index (χ2v) is 7.20. The number of carbonyl (C=O) groups is 1. The van der Waals surface area contributed by atoms with Crippen LogP contribution in [0.15, 0.2) is 30.5 Å². The maximum Gasteiger partial charge on any atom is 0.273 e. The van der Waals surface area contributed by atoms with Crippen molar-refractivity contribution in [3.63, 3.8) is 0 Å². The summed E-state index contributed by atoms with van der Waals surface area (Å²) in [7, 11) is 0. The van der Waals surface area contributed by atoms with E-state index in [1.165, 1.54) is 11.3 Å². The quantitative estimate of drug-likeness (QED) is 0.766. The molecule has 1 unspecified atom stereocenters. The molecule has 154 valence electrons. The van der Waals surface area contributed by atoms with Gasteiger partial charge in [0.25, 0.3) is 5.91 Å². The van der Waals surface area contributed by atoms with Crippen LogP contribution >= 0.6 is 24.8 Å². The number of nitrogens with one attached hydrogen (secondary N) is 2. The summed E-state index contributed by atoms with van der Waals surface area (Å²) in [4.78, 5) is 14.8. The van der Waals surface area contributed by atoms with E-state index < -0.39 is 0 Å². The van der Waals surface area contributed by atoms with Crippen LogP contribution in [0, 0.1) is 0 Å². The van der Waals surface area contributed by atoms with Gasteiger partial charge in [-0.05, 0) is 50.9 Å². The van der Waals surface area contributed by atoms with E-state index >= 15 is 0 Å². The second kappa shape index (κ2) is 10.1. The van der Waals surface area contributed by atoms with E-state index in [2.05, 4.69) is 57.0 Å². The summed E-state index contributed by atoms with van der Waals surface area (Å²) in [5.74, 6) is -0.149. The number of hydrogen-bond donors (Lipinski definition) is 2. The molecule has 7 nitrogen and oxygen atoms in total. The number of amides is 1. The van der Waals surface area contributed by atoms with Gasteiger partial charge >= 0.3 is 0 Å². The molecule has 1 amide bonds. The Labute approximate surface area is 178 Å². The molecule has 2 N–H and O–H groups in total. The third-order valence-corrected chi connectivity index (χ3v) is 5.44. The second-order valence-electron chi connectivity index (χ2n) is 7.20. The Hall–Kier alpha value is -1.83. The van der Waals surface area contributed by atoms with Gasteiger partial charge in [-0.15, -0.1) is 29.9 Å². The first-order valence-electron chi connectivity index (χ1n) is 9.47. The average Bonchev–Trinajstić information content (AvgIpc) is 3.34.